The molecule has 0 bridgehead atoms. The van der Waals surface area contributed by atoms with Crippen molar-refractivity contribution in [2.45, 2.75) is 64.6 Å². The number of anilines is 1. The quantitative estimate of drug-likeness (QED) is 0.352. The molecule has 1 aromatic carbocycles. The molecule has 0 aliphatic rings. The molecule has 0 radical (unpaired) electrons. The number of halogens is 4. The molecular weight excluding hydrogens is 465 g/mol. The highest BCUT2D eigenvalue weighted by Gasteiger charge is 2.33. The molecule has 0 unspecified atom stereocenters. The highest BCUT2D eigenvalue weighted by Crippen LogP contribution is 2.36. The van der Waals surface area contributed by atoms with Crippen LogP contribution in [0.25, 0.3) is 0 Å². The lowest BCUT2D eigenvalue weighted by atomic mass is 10.1. The van der Waals surface area contributed by atoms with Gasteiger partial charge >= 0.3 is 12.1 Å². The van der Waals surface area contributed by atoms with Gasteiger partial charge in [-0.15, -0.1) is 0 Å². The zero-order valence-electron chi connectivity index (χ0n) is 19.7. The van der Waals surface area contributed by atoms with E-state index in [1.54, 1.807) is 27.7 Å². The molecule has 1 atom stereocenters. The van der Waals surface area contributed by atoms with Crippen LogP contribution in [0.2, 0.25) is 5.02 Å². The third-order valence-corrected chi connectivity index (χ3v) is 4.78. The van der Waals surface area contributed by atoms with Crippen molar-refractivity contribution in [1.82, 2.24) is 4.90 Å². The van der Waals surface area contributed by atoms with E-state index in [0.29, 0.717) is 6.42 Å². The zero-order chi connectivity index (χ0) is 25.4. The average Bonchev–Trinajstić information content (AvgIpc) is 2.67. The Morgan fingerprint density at radius 2 is 1.76 bits per heavy atom. The number of rotatable bonds is 11. The molecule has 0 aliphatic heterocycles. The van der Waals surface area contributed by atoms with Crippen LogP contribution in [-0.2, 0) is 30.0 Å². The monoisotopic (exact) mass is 496 g/mol. The van der Waals surface area contributed by atoms with Gasteiger partial charge in [0.15, 0.2) is 6.29 Å². The fourth-order valence-corrected chi connectivity index (χ4v) is 3.23. The normalized spacial score (nSPS) is 13.1. The van der Waals surface area contributed by atoms with E-state index >= 15 is 0 Å². The van der Waals surface area contributed by atoms with Gasteiger partial charge in [0.05, 0.1) is 17.1 Å². The van der Waals surface area contributed by atoms with Gasteiger partial charge in [0.2, 0.25) is 5.91 Å². The number of nitrogens with zero attached hydrogens (tertiary/aromatic N) is 1. The van der Waals surface area contributed by atoms with Crippen LogP contribution >= 0.6 is 11.6 Å². The lowest BCUT2D eigenvalue weighted by Gasteiger charge is -2.29. The molecule has 0 heterocycles. The second kappa shape index (κ2) is 12.4. The molecule has 11 heteroatoms. The highest BCUT2D eigenvalue weighted by molar-refractivity contribution is 6.31. The van der Waals surface area contributed by atoms with Crippen LogP contribution in [0.1, 0.15) is 46.1 Å². The Labute approximate surface area is 197 Å². The first kappa shape index (κ1) is 29.0. The van der Waals surface area contributed by atoms with Crippen LogP contribution in [0.5, 0.6) is 0 Å². The summed E-state index contributed by atoms with van der Waals surface area (Å²) < 4.78 is 54.4. The minimum Gasteiger partial charge on any atom is -0.460 e. The number of methoxy groups -OCH3 is 2. The number of carbonyl (C=O) groups is 2. The Morgan fingerprint density at radius 3 is 2.24 bits per heavy atom. The Hall–Kier alpha value is -2.04. The van der Waals surface area contributed by atoms with E-state index in [0.717, 1.165) is 12.1 Å². The lowest BCUT2D eigenvalue weighted by Crippen LogP contribution is -2.46. The number of hydrogen-bond donors (Lipinski definition) is 1. The van der Waals surface area contributed by atoms with Crippen LogP contribution in [0.15, 0.2) is 18.2 Å². The molecule has 0 aliphatic carbocycles. The molecule has 1 N–H and O–H groups in total. The van der Waals surface area contributed by atoms with Crippen molar-refractivity contribution in [3.8, 4) is 0 Å². The maximum absolute atomic E-state index is 13.1. The van der Waals surface area contributed by atoms with Crippen LogP contribution in [0.3, 0.4) is 0 Å². The van der Waals surface area contributed by atoms with E-state index in [1.807, 2.05) is 0 Å². The van der Waals surface area contributed by atoms with Crippen molar-refractivity contribution in [2.24, 2.45) is 0 Å². The van der Waals surface area contributed by atoms with Crippen molar-refractivity contribution < 1.29 is 37.0 Å². The van der Waals surface area contributed by atoms with E-state index in [9.17, 15) is 22.8 Å². The van der Waals surface area contributed by atoms with E-state index in [1.165, 1.54) is 25.2 Å². The number of amides is 1. The zero-order valence-corrected chi connectivity index (χ0v) is 20.5. The van der Waals surface area contributed by atoms with E-state index in [4.69, 9.17) is 25.8 Å². The lowest BCUT2D eigenvalue weighted by molar-refractivity contribution is -0.156. The summed E-state index contributed by atoms with van der Waals surface area (Å²) in [6.07, 6.45) is -4.80. The number of carbonyl (C=O) groups excluding carboxylic acids is 2. The minimum atomic E-state index is -4.57. The van der Waals surface area contributed by atoms with Gasteiger partial charge in [-0.25, -0.2) is 0 Å². The third kappa shape index (κ3) is 10.2. The Bertz CT molecular complexity index is 795. The fraction of sp³-hybridized carbons (Fsp3) is 0.636. The Morgan fingerprint density at radius 1 is 1.15 bits per heavy atom. The van der Waals surface area contributed by atoms with Crippen molar-refractivity contribution in [1.29, 1.82) is 0 Å². The highest BCUT2D eigenvalue weighted by atomic mass is 35.5. The van der Waals surface area contributed by atoms with Crippen molar-refractivity contribution in [2.75, 3.05) is 32.6 Å². The Kier molecular flexibility index (Phi) is 10.9. The van der Waals surface area contributed by atoms with Crippen molar-refractivity contribution in [3.63, 3.8) is 0 Å². The first-order chi connectivity index (χ1) is 15.2. The van der Waals surface area contributed by atoms with Gasteiger partial charge in [-0.2, -0.15) is 13.2 Å². The topological polar surface area (TPSA) is 77.1 Å². The first-order valence-corrected chi connectivity index (χ1v) is 10.7. The van der Waals surface area contributed by atoms with Crippen LogP contribution < -0.4 is 5.32 Å². The predicted octanol–water partition coefficient (Wildman–Crippen LogP) is 4.73. The van der Waals surface area contributed by atoms with Crippen LogP contribution in [0.4, 0.5) is 18.9 Å². The summed E-state index contributed by atoms with van der Waals surface area (Å²) in [6.45, 7) is 7.19. The predicted molar refractivity (Wildman–Crippen MR) is 119 cm³/mol. The largest absolute Gasteiger partial charge is 0.460 e. The van der Waals surface area contributed by atoms with Crippen molar-refractivity contribution >= 4 is 29.2 Å². The second-order valence-electron chi connectivity index (χ2n) is 8.43. The number of nitrogens with one attached hydrogen (secondary N) is 1. The Balaban J connectivity index is 2.86. The minimum absolute atomic E-state index is 0.0972. The van der Waals surface area contributed by atoms with E-state index < -0.39 is 34.7 Å². The number of benzene rings is 1. The summed E-state index contributed by atoms with van der Waals surface area (Å²) in [7, 11) is 2.87. The molecule has 1 amide bonds. The van der Waals surface area contributed by atoms with Gasteiger partial charge < -0.3 is 24.4 Å². The number of hydrogen-bond acceptors (Lipinski definition) is 6. The van der Waals surface area contributed by atoms with Crippen LogP contribution in [0, 0.1) is 0 Å². The van der Waals surface area contributed by atoms with Crippen LogP contribution in [-0.4, -0.2) is 62.0 Å². The summed E-state index contributed by atoms with van der Waals surface area (Å²) in [5.74, 6) is -0.732. The molecule has 33 heavy (non-hydrogen) atoms. The first-order valence-electron chi connectivity index (χ1n) is 10.4. The summed E-state index contributed by atoms with van der Waals surface area (Å²) in [5.41, 5.74) is -1.30. The van der Waals surface area contributed by atoms with Gasteiger partial charge in [0, 0.05) is 32.9 Å². The third-order valence-electron chi connectivity index (χ3n) is 4.46. The molecule has 0 aromatic heterocycles. The summed E-state index contributed by atoms with van der Waals surface area (Å²) >= 11 is 5.76. The molecule has 188 valence electrons. The molecule has 1 aromatic rings. The molecular formula is C22H32ClF3N2O5. The molecule has 0 saturated carbocycles. The van der Waals surface area contributed by atoms with Crippen molar-refractivity contribution in [3.05, 3.63) is 28.8 Å². The molecule has 0 spiro atoms. The standard InChI is InChI=1S/C22H32ClF3N2O5/c1-14(27-15-9-10-16(17(23)12-15)22(24,25)26)20(30)28(13-19(31-5)32-6)11-7-8-18(29)33-21(2,3)4/h9-10,12,14,19,27H,7-8,11,13H2,1-6H3/t14-/m0/s1. The second-order valence-corrected chi connectivity index (χ2v) is 8.84. The summed E-state index contributed by atoms with van der Waals surface area (Å²) in [5, 5.41) is 2.39. The molecule has 7 nitrogen and oxygen atoms in total. The number of esters is 1. The van der Waals surface area contributed by atoms with Gasteiger partial charge in [-0.1, -0.05) is 11.6 Å². The number of alkyl halides is 3. The average molecular weight is 497 g/mol. The summed E-state index contributed by atoms with van der Waals surface area (Å²) in [6, 6.07) is 2.38. The molecule has 0 fully saturated rings. The maximum atomic E-state index is 13.1. The summed E-state index contributed by atoms with van der Waals surface area (Å²) in [4.78, 5) is 26.5. The van der Waals surface area contributed by atoms with Gasteiger partial charge in [-0.05, 0) is 52.3 Å². The van der Waals surface area contributed by atoms with Gasteiger partial charge in [-0.3, -0.25) is 9.59 Å². The SMILES string of the molecule is COC(CN(CCCC(=O)OC(C)(C)C)C(=O)[C@H](C)Nc1ccc(C(F)(F)F)c(Cl)c1)OC. The van der Waals surface area contributed by atoms with E-state index in [-0.39, 0.29) is 37.1 Å². The van der Waals surface area contributed by atoms with Gasteiger partial charge in [0.25, 0.3) is 0 Å². The molecule has 1 rings (SSSR count). The maximum Gasteiger partial charge on any atom is 0.417 e. The smallest absolute Gasteiger partial charge is 0.417 e. The number of ether oxygens (including phenoxy) is 3. The molecule has 0 saturated heterocycles. The fourth-order valence-electron chi connectivity index (χ4n) is 2.94. The van der Waals surface area contributed by atoms with E-state index in [2.05, 4.69) is 5.32 Å². The van der Waals surface area contributed by atoms with Gasteiger partial charge in [0.1, 0.15) is 11.6 Å².